The first-order valence-corrected chi connectivity index (χ1v) is 11.3. The van der Waals surface area contributed by atoms with Gasteiger partial charge in [0.25, 0.3) is 0 Å². The molecular formula is C25H39N3O2. The molecule has 0 bridgehead atoms. The molecule has 5 nitrogen and oxygen atoms in total. The summed E-state index contributed by atoms with van der Waals surface area (Å²) in [5.41, 5.74) is 1.97. The highest BCUT2D eigenvalue weighted by molar-refractivity contribution is 5.96. The van der Waals surface area contributed by atoms with Crippen LogP contribution in [0.4, 0.5) is 5.69 Å². The van der Waals surface area contributed by atoms with E-state index in [9.17, 15) is 9.59 Å². The minimum atomic E-state index is -0.177. The van der Waals surface area contributed by atoms with Crippen molar-refractivity contribution in [2.75, 3.05) is 18.4 Å². The molecule has 1 heterocycles. The first-order chi connectivity index (χ1) is 13.8. The molecule has 0 unspecified atom stereocenters. The van der Waals surface area contributed by atoms with Gasteiger partial charge in [-0.3, -0.25) is 14.5 Å². The average molecular weight is 414 g/mol. The Kier molecular flexibility index (Phi) is 6.07. The number of carbonyl (C=O) groups excluding carboxylic acids is 2. The maximum Gasteiger partial charge on any atom is 0.228 e. The lowest BCUT2D eigenvalue weighted by molar-refractivity contribution is -0.128. The summed E-state index contributed by atoms with van der Waals surface area (Å²) in [6, 6.07) is 8.17. The van der Waals surface area contributed by atoms with E-state index in [0.29, 0.717) is 0 Å². The Hall–Kier alpha value is -1.88. The van der Waals surface area contributed by atoms with Crippen LogP contribution in [0, 0.1) is 22.7 Å². The van der Waals surface area contributed by atoms with Crippen LogP contribution >= 0.6 is 0 Å². The summed E-state index contributed by atoms with van der Waals surface area (Å²) in [6.45, 7) is 17.4. The summed E-state index contributed by atoms with van der Waals surface area (Å²) in [5, 5.41) is 6.23. The molecule has 1 saturated carbocycles. The van der Waals surface area contributed by atoms with Gasteiger partial charge in [0.1, 0.15) is 0 Å². The first kappa shape index (κ1) is 22.8. The quantitative estimate of drug-likeness (QED) is 0.750. The van der Waals surface area contributed by atoms with Gasteiger partial charge in [0.15, 0.2) is 0 Å². The summed E-state index contributed by atoms with van der Waals surface area (Å²) in [5.74, 6) is 0.453. The molecule has 0 atom stereocenters. The number of piperidine rings is 1. The number of hydrogen-bond donors (Lipinski definition) is 2. The van der Waals surface area contributed by atoms with E-state index < -0.39 is 0 Å². The van der Waals surface area contributed by atoms with Crippen LogP contribution < -0.4 is 10.6 Å². The highest BCUT2D eigenvalue weighted by Crippen LogP contribution is 2.68. The van der Waals surface area contributed by atoms with Gasteiger partial charge in [0.2, 0.25) is 11.8 Å². The lowest BCUT2D eigenvalue weighted by Gasteiger charge is -2.33. The number of likely N-dealkylation sites (tertiary alicyclic amines) is 1. The molecule has 5 heteroatoms. The maximum atomic E-state index is 12.7. The second-order valence-electron chi connectivity index (χ2n) is 11.4. The van der Waals surface area contributed by atoms with Crippen molar-refractivity contribution in [1.82, 2.24) is 10.2 Å². The Balaban J connectivity index is 1.52. The summed E-state index contributed by atoms with van der Waals surface area (Å²) >= 11 is 0. The second kappa shape index (κ2) is 7.99. The van der Waals surface area contributed by atoms with Crippen LogP contribution in [0.15, 0.2) is 24.3 Å². The van der Waals surface area contributed by atoms with Gasteiger partial charge >= 0.3 is 0 Å². The van der Waals surface area contributed by atoms with Gasteiger partial charge in [0, 0.05) is 29.6 Å². The molecule has 3 rings (SSSR count). The summed E-state index contributed by atoms with van der Waals surface area (Å²) < 4.78 is 0. The second-order valence-corrected chi connectivity index (χ2v) is 11.4. The van der Waals surface area contributed by atoms with Gasteiger partial charge in [-0.05, 0) is 75.2 Å². The van der Waals surface area contributed by atoms with Gasteiger partial charge in [0.05, 0.1) is 0 Å². The van der Waals surface area contributed by atoms with Crippen molar-refractivity contribution in [2.24, 2.45) is 22.7 Å². The molecule has 1 aliphatic carbocycles. The Bertz CT molecular complexity index is 785. The minimum Gasteiger partial charge on any atom is -0.351 e. The molecule has 30 heavy (non-hydrogen) atoms. The molecule has 1 saturated heterocycles. The van der Waals surface area contributed by atoms with Crippen LogP contribution in [0.3, 0.4) is 0 Å². The van der Waals surface area contributed by atoms with Crippen molar-refractivity contribution in [3.05, 3.63) is 29.8 Å². The zero-order chi connectivity index (χ0) is 22.3. The zero-order valence-corrected chi connectivity index (χ0v) is 19.8. The van der Waals surface area contributed by atoms with E-state index in [-0.39, 0.29) is 40.0 Å². The summed E-state index contributed by atoms with van der Waals surface area (Å²) in [7, 11) is 0. The predicted molar refractivity (Wildman–Crippen MR) is 122 cm³/mol. The number of amides is 2. The van der Waals surface area contributed by atoms with Crippen molar-refractivity contribution >= 4 is 17.5 Å². The van der Waals surface area contributed by atoms with E-state index in [4.69, 9.17) is 0 Å². The highest BCUT2D eigenvalue weighted by atomic mass is 16.2. The van der Waals surface area contributed by atoms with Crippen molar-refractivity contribution in [3.8, 4) is 0 Å². The lowest BCUT2D eigenvalue weighted by Crippen LogP contribution is -2.46. The van der Waals surface area contributed by atoms with Gasteiger partial charge in [-0.15, -0.1) is 0 Å². The molecule has 2 amide bonds. The van der Waals surface area contributed by atoms with Crippen molar-refractivity contribution in [3.63, 3.8) is 0 Å². The SMILES string of the molecule is CC(C)(C)NC(=O)C1CCN(Cc2cccc(NC(=O)C3C(C)(C)C3(C)C)c2)CC1. The predicted octanol–water partition coefficient (Wildman–Crippen LogP) is 4.43. The van der Waals surface area contributed by atoms with E-state index >= 15 is 0 Å². The molecule has 2 fully saturated rings. The molecule has 1 aromatic rings. The Morgan fingerprint density at radius 3 is 2.17 bits per heavy atom. The number of nitrogens with zero attached hydrogens (tertiary/aromatic N) is 1. The summed E-state index contributed by atoms with van der Waals surface area (Å²) in [6.07, 6.45) is 1.79. The third-order valence-corrected chi connectivity index (χ3v) is 7.34. The van der Waals surface area contributed by atoms with Crippen LogP contribution in [-0.4, -0.2) is 35.3 Å². The van der Waals surface area contributed by atoms with Crippen molar-refractivity contribution in [1.29, 1.82) is 0 Å². The largest absolute Gasteiger partial charge is 0.351 e. The van der Waals surface area contributed by atoms with Crippen LogP contribution in [0.1, 0.15) is 66.9 Å². The number of nitrogens with one attached hydrogen (secondary N) is 2. The number of carbonyl (C=O) groups is 2. The monoisotopic (exact) mass is 413 g/mol. The molecule has 0 radical (unpaired) electrons. The molecular weight excluding hydrogens is 374 g/mol. The third kappa shape index (κ3) is 4.88. The number of rotatable bonds is 5. The summed E-state index contributed by atoms with van der Waals surface area (Å²) in [4.78, 5) is 27.6. The molecule has 1 aliphatic heterocycles. The molecule has 1 aromatic carbocycles. The van der Waals surface area contributed by atoms with Crippen LogP contribution in [0.2, 0.25) is 0 Å². The molecule has 0 spiro atoms. The normalized spacial score (nSPS) is 21.8. The molecule has 2 aliphatic rings. The van der Waals surface area contributed by atoms with E-state index in [2.05, 4.69) is 55.4 Å². The third-order valence-electron chi connectivity index (χ3n) is 7.34. The fraction of sp³-hybridized carbons (Fsp3) is 0.680. The topological polar surface area (TPSA) is 61.4 Å². The van der Waals surface area contributed by atoms with E-state index in [0.717, 1.165) is 38.2 Å². The number of anilines is 1. The van der Waals surface area contributed by atoms with Crippen LogP contribution in [0.25, 0.3) is 0 Å². The lowest BCUT2D eigenvalue weighted by atomic mass is 9.94. The van der Waals surface area contributed by atoms with Crippen LogP contribution in [-0.2, 0) is 16.1 Å². The Labute approximate surface area is 182 Å². The molecule has 2 N–H and O–H groups in total. The average Bonchev–Trinajstić information content (AvgIpc) is 3.03. The number of benzene rings is 1. The van der Waals surface area contributed by atoms with E-state index in [1.165, 1.54) is 5.56 Å². The van der Waals surface area contributed by atoms with Gasteiger partial charge in [-0.25, -0.2) is 0 Å². The Morgan fingerprint density at radius 1 is 1.03 bits per heavy atom. The fourth-order valence-corrected chi connectivity index (χ4v) is 4.90. The van der Waals surface area contributed by atoms with E-state index in [1.807, 2.05) is 32.9 Å². The fourth-order valence-electron chi connectivity index (χ4n) is 4.90. The molecule has 0 aromatic heterocycles. The Morgan fingerprint density at radius 2 is 1.63 bits per heavy atom. The minimum absolute atomic E-state index is 0.0400. The standard InChI is InChI=1S/C25H39N3O2/c1-23(2,3)27-21(29)18-11-13-28(14-12-18)16-17-9-8-10-19(15-17)26-22(30)20-24(4,5)25(20,6)7/h8-10,15,18,20H,11-14,16H2,1-7H3,(H,26,30)(H,27,29). The smallest absolute Gasteiger partial charge is 0.228 e. The van der Waals surface area contributed by atoms with Crippen molar-refractivity contribution < 1.29 is 9.59 Å². The van der Waals surface area contributed by atoms with Crippen molar-refractivity contribution in [2.45, 2.75) is 73.4 Å². The van der Waals surface area contributed by atoms with Gasteiger partial charge in [-0.1, -0.05) is 39.8 Å². The van der Waals surface area contributed by atoms with E-state index in [1.54, 1.807) is 0 Å². The number of hydrogen-bond acceptors (Lipinski definition) is 3. The molecule has 166 valence electrons. The first-order valence-electron chi connectivity index (χ1n) is 11.3. The zero-order valence-electron chi connectivity index (χ0n) is 19.8. The highest BCUT2D eigenvalue weighted by Gasteiger charge is 2.68. The van der Waals surface area contributed by atoms with Gasteiger partial charge < -0.3 is 10.6 Å². The maximum absolute atomic E-state index is 12.7. The van der Waals surface area contributed by atoms with Gasteiger partial charge in [-0.2, -0.15) is 0 Å². The van der Waals surface area contributed by atoms with Crippen LogP contribution in [0.5, 0.6) is 0 Å².